The molecule has 0 radical (unpaired) electrons. The smallest absolute Gasteiger partial charge is 0.338 e. The number of benzene rings is 2. The summed E-state index contributed by atoms with van der Waals surface area (Å²) in [6, 6.07) is 14.4. The first kappa shape index (κ1) is 21.5. The molecule has 7 heteroatoms. The van der Waals surface area contributed by atoms with Gasteiger partial charge in [0.05, 0.1) is 30.3 Å². The maximum absolute atomic E-state index is 13.1. The monoisotopic (exact) mass is 408 g/mol. The molecule has 0 aliphatic rings. The van der Waals surface area contributed by atoms with Crippen molar-refractivity contribution in [1.29, 1.82) is 5.41 Å². The van der Waals surface area contributed by atoms with Crippen molar-refractivity contribution in [3.63, 3.8) is 0 Å². The summed E-state index contributed by atoms with van der Waals surface area (Å²) in [6.45, 7) is 7.62. The third-order valence-corrected chi connectivity index (χ3v) is 5.44. The van der Waals surface area contributed by atoms with Gasteiger partial charge in [-0.15, -0.1) is 0 Å². The zero-order chi connectivity index (χ0) is 21.7. The van der Waals surface area contributed by atoms with Crippen LogP contribution in [-0.2, 0) is 17.8 Å². The van der Waals surface area contributed by atoms with E-state index < -0.39 is 5.97 Å². The average molecular weight is 409 g/mol. The predicted molar refractivity (Wildman–Crippen MR) is 116 cm³/mol. The molecule has 0 spiro atoms. The van der Waals surface area contributed by atoms with E-state index in [2.05, 4.69) is 18.7 Å². The Kier molecular flexibility index (Phi) is 6.84. The second-order valence-corrected chi connectivity index (χ2v) is 7.04. The van der Waals surface area contributed by atoms with E-state index >= 15 is 0 Å². The third-order valence-electron chi connectivity index (χ3n) is 5.44. The number of rotatable bonds is 9. The van der Waals surface area contributed by atoms with Gasteiger partial charge in [0.25, 0.3) is 0 Å². The maximum Gasteiger partial charge on any atom is 0.338 e. The first-order valence-corrected chi connectivity index (χ1v) is 10.2. The molecule has 1 aromatic heterocycles. The van der Waals surface area contributed by atoms with Gasteiger partial charge in [-0.2, -0.15) is 0 Å². The molecule has 0 atom stereocenters. The van der Waals surface area contributed by atoms with Crippen molar-refractivity contribution in [1.82, 2.24) is 14.0 Å². The number of nitrogens with zero attached hydrogens (tertiary/aromatic N) is 3. The number of carbonyl (C=O) groups is 2. The van der Waals surface area contributed by atoms with Crippen molar-refractivity contribution in [3.05, 3.63) is 65.3 Å². The fourth-order valence-electron chi connectivity index (χ4n) is 3.71. The number of fused-ring (bicyclic) bond motifs is 1. The summed E-state index contributed by atoms with van der Waals surface area (Å²) in [4.78, 5) is 27.4. The van der Waals surface area contributed by atoms with Crippen LogP contribution in [-0.4, -0.2) is 52.5 Å². The standard InChI is InChI=1S/C23H28N4O3/c1-4-25(5-2)14-15-26-19-12-8-9-13-20(19)27(23(26)24)16-21(28)17-10-6-7-11-18(17)22(29)30-3/h6-13,24H,4-5,14-16H2,1-3H3. The lowest BCUT2D eigenvalue weighted by Gasteiger charge is -2.18. The van der Waals surface area contributed by atoms with Crippen molar-refractivity contribution in [2.75, 3.05) is 26.7 Å². The molecule has 0 aliphatic heterocycles. The summed E-state index contributed by atoms with van der Waals surface area (Å²) in [6.07, 6.45) is 0. The van der Waals surface area contributed by atoms with E-state index in [9.17, 15) is 9.59 Å². The van der Waals surface area contributed by atoms with Crippen molar-refractivity contribution in [2.45, 2.75) is 26.9 Å². The molecule has 158 valence electrons. The number of likely N-dealkylation sites (N-methyl/N-ethyl adjacent to an activating group) is 1. The van der Waals surface area contributed by atoms with Crippen molar-refractivity contribution in [3.8, 4) is 0 Å². The van der Waals surface area contributed by atoms with Gasteiger partial charge in [-0.3, -0.25) is 10.2 Å². The fourth-order valence-corrected chi connectivity index (χ4v) is 3.71. The Labute approximate surface area is 176 Å². The van der Waals surface area contributed by atoms with Crippen LogP contribution in [0.25, 0.3) is 11.0 Å². The summed E-state index contributed by atoms with van der Waals surface area (Å²) >= 11 is 0. The number of para-hydroxylation sites is 2. The minimum Gasteiger partial charge on any atom is -0.465 e. The number of hydrogen-bond donors (Lipinski definition) is 1. The summed E-state index contributed by atoms with van der Waals surface area (Å²) < 4.78 is 8.45. The second kappa shape index (κ2) is 9.54. The van der Waals surface area contributed by atoms with E-state index in [0.717, 1.165) is 30.7 Å². The Morgan fingerprint density at radius 1 is 0.933 bits per heavy atom. The van der Waals surface area contributed by atoms with Gasteiger partial charge in [-0.1, -0.05) is 44.2 Å². The maximum atomic E-state index is 13.1. The fraction of sp³-hybridized carbons (Fsp3) is 0.348. The lowest BCUT2D eigenvalue weighted by atomic mass is 10.0. The minimum atomic E-state index is -0.545. The predicted octanol–water partition coefficient (Wildman–Crippen LogP) is 2.93. The lowest BCUT2D eigenvalue weighted by Crippen LogP contribution is -2.32. The molecular weight excluding hydrogens is 380 g/mol. The molecule has 0 amide bonds. The number of nitrogens with one attached hydrogen (secondary N) is 1. The molecule has 0 saturated heterocycles. The zero-order valence-electron chi connectivity index (χ0n) is 17.7. The van der Waals surface area contributed by atoms with Crippen molar-refractivity contribution < 1.29 is 14.3 Å². The molecule has 1 heterocycles. The highest BCUT2D eigenvalue weighted by Gasteiger charge is 2.19. The first-order valence-electron chi connectivity index (χ1n) is 10.2. The van der Waals surface area contributed by atoms with E-state index in [4.69, 9.17) is 10.1 Å². The second-order valence-electron chi connectivity index (χ2n) is 7.04. The van der Waals surface area contributed by atoms with E-state index in [1.54, 1.807) is 28.8 Å². The number of ketones is 1. The quantitative estimate of drug-likeness (QED) is 0.436. The van der Waals surface area contributed by atoms with Crippen LogP contribution < -0.4 is 5.62 Å². The number of ether oxygens (including phenoxy) is 1. The number of imidazole rings is 1. The number of Topliss-reactive ketones (excluding diaryl/α,β-unsaturated/α-hetero) is 1. The number of methoxy groups -OCH3 is 1. The van der Waals surface area contributed by atoms with Crippen LogP contribution in [0, 0.1) is 5.41 Å². The lowest BCUT2D eigenvalue weighted by molar-refractivity contribution is 0.0596. The molecule has 3 rings (SSSR count). The van der Waals surface area contributed by atoms with Crippen LogP contribution in [0.15, 0.2) is 48.5 Å². The number of carbonyl (C=O) groups excluding carboxylic acids is 2. The minimum absolute atomic E-state index is 0.0222. The Morgan fingerprint density at radius 3 is 2.10 bits per heavy atom. The van der Waals surface area contributed by atoms with Crippen LogP contribution >= 0.6 is 0 Å². The molecule has 0 bridgehead atoms. The largest absolute Gasteiger partial charge is 0.465 e. The Bertz CT molecular complexity index is 1110. The Morgan fingerprint density at radius 2 is 1.50 bits per heavy atom. The zero-order valence-corrected chi connectivity index (χ0v) is 17.7. The molecule has 0 saturated carbocycles. The van der Waals surface area contributed by atoms with Gasteiger partial charge >= 0.3 is 5.97 Å². The topological polar surface area (TPSA) is 80.3 Å². The van der Waals surface area contributed by atoms with Gasteiger partial charge in [-0.25, -0.2) is 4.79 Å². The van der Waals surface area contributed by atoms with Gasteiger partial charge in [0.1, 0.15) is 0 Å². The van der Waals surface area contributed by atoms with E-state index in [1.165, 1.54) is 7.11 Å². The van der Waals surface area contributed by atoms with Crippen LogP contribution in [0.1, 0.15) is 34.6 Å². The molecule has 0 aliphatic carbocycles. The molecule has 3 aromatic rings. The van der Waals surface area contributed by atoms with Gasteiger partial charge in [0, 0.05) is 18.7 Å². The summed E-state index contributed by atoms with van der Waals surface area (Å²) in [5, 5.41) is 8.73. The van der Waals surface area contributed by atoms with Gasteiger partial charge in [0.15, 0.2) is 5.78 Å². The summed E-state index contributed by atoms with van der Waals surface area (Å²) in [7, 11) is 1.30. The van der Waals surface area contributed by atoms with Crippen LogP contribution in [0.3, 0.4) is 0 Å². The van der Waals surface area contributed by atoms with Gasteiger partial charge in [-0.05, 0) is 31.3 Å². The molecule has 0 unspecified atom stereocenters. The van der Waals surface area contributed by atoms with E-state index in [1.807, 2.05) is 28.8 Å². The van der Waals surface area contributed by atoms with Crippen LogP contribution in [0.5, 0.6) is 0 Å². The van der Waals surface area contributed by atoms with Crippen LogP contribution in [0.2, 0.25) is 0 Å². The highest BCUT2D eigenvalue weighted by Crippen LogP contribution is 2.16. The first-order chi connectivity index (χ1) is 14.5. The third kappa shape index (κ3) is 4.21. The average Bonchev–Trinajstić information content (AvgIpc) is 3.05. The summed E-state index contributed by atoms with van der Waals surface area (Å²) in [5.41, 5.74) is 2.56. The van der Waals surface area contributed by atoms with Gasteiger partial charge < -0.3 is 18.8 Å². The Hall–Kier alpha value is -3.19. The number of hydrogen-bond acceptors (Lipinski definition) is 5. The van der Waals surface area contributed by atoms with Crippen molar-refractivity contribution >= 4 is 22.8 Å². The SMILES string of the molecule is CCN(CC)CCn1c(=N)n(CC(=O)c2ccccc2C(=O)OC)c2ccccc21. The molecule has 30 heavy (non-hydrogen) atoms. The molecule has 2 aromatic carbocycles. The number of aromatic nitrogens is 2. The summed E-state index contributed by atoms with van der Waals surface area (Å²) in [5.74, 6) is -0.780. The number of esters is 1. The normalized spacial score (nSPS) is 11.2. The molecule has 0 fully saturated rings. The molecule has 1 N–H and O–H groups in total. The van der Waals surface area contributed by atoms with E-state index in [-0.39, 0.29) is 23.5 Å². The Balaban J connectivity index is 1.98. The van der Waals surface area contributed by atoms with Gasteiger partial charge in [0.2, 0.25) is 5.62 Å². The van der Waals surface area contributed by atoms with E-state index in [0.29, 0.717) is 12.1 Å². The molecule has 7 nitrogen and oxygen atoms in total. The highest BCUT2D eigenvalue weighted by atomic mass is 16.5. The highest BCUT2D eigenvalue weighted by molar-refractivity contribution is 6.06. The van der Waals surface area contributed by atoms with Crippen molar-refractivity contribution in [2.24, 2.45) is 0 Å². The molecular formula is C23H28N4O3. The van der Waals surface area contributed by atoms with Crippen LogP contribution in [0.4, 0.5) is 0 Å².